The monoisotopic (exact) mass is 229 g/mol. The lowest BCUT2D eigenvalue weighted by Crippen LogP contribution is -2.22. The van der Waals surface area contributed by atoms with E-state index in [1.54, 1.807) is 0 Å². The fraction of sp³-hybridized carbons (Fsp3) is 0.455. The van der Waals surface area contributed by atoms with Crippen LogP contribution in [0.5, 0.6) is 11.5 Å². The first kappa shape index (κ1) is 11.1. The van der Waals surface area contributed by atoms with E-state index in [4.69, 9.17) is 10.8 Å². The molecule has 0 saturated heterocycles. The number of halogens is 2. The van der Waals surface area contributed by atoms with Gasteiger partial charge in [0.15, 0.2) is 17.3 Å². The second kappa shape index (κ2) is 3.59. The molecular weight excluding hydrogens is 216 g/mol. The molecule has 0 unspecified atom stereocenters. The van der Waals surface area contributed by atoms with Gasteiger partial charge >= 0.3 is 0 Å². The fourth-order valence-electron chi connectivity index (χ4n) is 1.63. The largest absolute Gasteiger partial charge is 0.505 e. The molecular formula is C11H13F2NO2. The average molecular weight is 229 g/mol. The summed E-state index contributed by atoms with van der Waals surface area (Å²) in [6, 6.07) is 0.944. The Morgan fingerprint density at radius 2 is 1.88 bits per heavy atom. The van der Waals surface area contributed by atoms with Gasteiger partial charge in [0, 0.05) is 11.1 Å². The lowest BCUT2D eigenvalue weighted by molar-refractivity contribution is 0.362. The highest BCUT2D eigenvalue weighted by atomic mass is 19.1. The highest BCUT2D eigenvalue weighted by Crippen LogP contribution is 2.38. The average Bonchev–Trinajstić information content (AvgIpc) is 2.98. The molecule has 1 aromatic rings. The first-order chi connectivity index (χ1) is 7.43. The lowest BCUT2D eigenvalue weighted by Gasteiger charge is -2.10. The van der Waals surface area contributed by atoms with Crippen molar-refractivity contribution in [3.05, 3.63) is 23.3 Å². The van der Waals surface area contributed by atoms with Crippen molar-refractivity contribution in [2.24, 2.45) is 5.73 Å². The molecule has 1 saturated carbocycles. The molecule has 5 heteroatoms. The molecule has 1 fully saturated rings. The second-order valence-corrected chi connectivity index (χ2v) is 4.39. The molecule has 0 spiro atoms. The number of phenols is 2. The molecule has 1 aliphatic carbocycles. The molecule has 2 rings (SSSR count). The van der Waals surface area contributed by atoms with Crippen LogP contribution in [0.25, 0.3) is 0 Å². The van der Waals surface area contributed by atoms with Crippen LogP contribution < -0.4 is 5.73 Å². The number of aromatic hydroxyl groups is 2. The maximum Gasteiger partial charge on any atom is 0.209 e. The molecule has 1 aliphatic rings. The van der Waals surface area contributed by atoms with Crippen LogP contribution in [0.1, 0.15) is 24.8 Å². The number of benzene rings is 1. The van der Waals surface area contributed by atoms with Gasteiger partial charge < -0.3 is 15.9 Å². The minimum atomic E-state index is -1.31. The molecule has 0 radical (unpaired) electrons. The van der Waals surface area contributed by atoms with Crippen LogP contribution in [-0.2, 0) is 6.42 Å². The van der Waals surface area contributed by atoms with Gasteiger partial charge in [0.1, 0.15) is 0 Å². The van der Waals surface area contributed by atoms with Gasteiger partial charge in [0.25, 0.3) is 0 Å². The van der Waals surface area contributed by atoms with E-state index in [9.17, 15) is 13.9 Å². The van der Waals surface area contributed by atoms with Crippen molar-refractivity contribution in [3.63, 3.8) is 0 Å². The molecule has 0 bridgehead atoms. The van der Waals surface area contributed by atoms with E-state index in [1.165, 1.54) is 0 Å². The first-order valence-electron chi connectivity index (χ1n) is 5.11. The van der Waals surface area contributed by atoms with Crippen molar-refractivity contribution in [1.82, 2.24) is 0 Å². The number of rotatable bonds is 3. The van der Waals surface area contributed by atoms with Crippen LogP contribution >= 0.6 is 0 Å². The maximum atomic E-state index is 13.1. The number of aryl methyl sites for hydroxylation is 1. The van der Waals surface area contributed by atoms with Crippen molar-refractivity contribution in [1.29, 1.82) is 0 Å². The van der Waals surface area contributed by atoms with Gasteiger partial charge in [0.2, 0.25) is 5.82 Å². The Hall–Kier alpha value is -1.36. The molecule has 3 nitrogen and oxygen atoms in total. The Kier molecular flexibility index (Phi) is 2.50. The Bertz CT molecular complexity index is 430. The van der Waals surface area contributed by atoms with E-state index < -0.39 is 23.1 Å². The number of phenolic OH excluding ortho intramolecular Hbond substituents is 2. The van der Waals surface area contributed by atoms with Crippen molar-refractivity contribution in [2.45, 2.75) is 31.2 Å². The SMILES string of the molecule is NC1(CCc2cc(F)c(O)c(F)c2O)CC1. The van der Waals surface area contributed by atoms with E-state index >= 15 is 0 Å². The van der Waals surface area contributed by atoms with Gasteiger partial charge in [-0.05, 0) is 31.7 Å². The zero-order valence-electron chi connectivity index (χ0n) is 8.63. The van der Waals surface area contributed by atoms with Crippen LogP contribution in [0.15, 0.2) is 6.07 Å². The Balaban J connectivity index is 2.20. The topological polar surface area (TPSA) is 66.5 Å². The molecule has 88 valence electrons. The summed E-state index contributed by atoms with van der Waals surface area (Å²) < 4.78 is 26.1. The molecule has 1 aromatic carbocycles. The first-order valence-corrected chi connectivity index (χ1v) is 5.11. The third-order valence-electron chi connectivity index (χ3n) is 3.03. The summed E-state index contributed by atoms with van der Waals surface area (Å²) in [5.74, 6) is -4.21. The van der Waals surface area contributed by atoms with Gasteiger partial charge in [-0.1, -0.05) is 0 Å². The third-order valence-corrected chi connectivity index (χ3v) is 3.03. The number of nitrogens with two attached hydrogens (primary N) is 1. The Morgan fingerprint density at radius 3 is 2.44 bits per heavy atom. The van der Waals surface area contributed by atoms with Crippen LogP contribution in [0.2, 0.25) is 0 Å². The molecule has 0 atom stereocenters. The number of hydrogen-bond acceptors (Lipinski definition) is 3. The third kappa shape index (κ3) is 1.95. The van der Waals surface area contributed by atoms with Gasteiger partial charge in [-0.15, -0.1) is 0 Å². The quantitative estimate of drug-likeness (QED) is 0.740. The highest BCUT2D eigenvalue weighted by Gasteiger charge is 2.37. The molecule has 16 heavy (non-hydrogen) atoms. The summed E-state index contributed by atoms with van der Waals surface area (Å²) in [4.78, 5) is 0. The second-order valence-electron chi connectivity index (χ2n) is 4.39. The molecule has 0 aromatic heterocycles. The normalized spacial score (nSPS) is 17.4. The summed E-state index contributed by atoms with van der Waals surface area (Å²) in [5.41, 5.74) is 5.74. The predicted octanol–water partition coefficient (Wildman–Crippen LogP) is 1.80. The standard InChI is InChI=1S/C11H13F2NO2/c12-7-5-6(1-2-11(14)3-4-11)9(15)8(13)10(7)16/h5,15-16H,1-4,14H2. The highest BCUT2D eigenvalue weighted by molar-refractivity contribution is 5.42. The molecule has 0 amide bonds. The van der Waals surface area contributed by atoms with Gasteiger partial charge in [-0.2, -0.15) is 4.39 Å². The lowest BCUT2D eigenvalue weighted by atomic mass is 10.0. The van der Waals surface area contributed by atoms with E-state index in [2.05, 4.69) is 0 Å². The van der Waals surface area contributed by atoms with E-state index in [0.717, 1.165) is 18.9 Å². The van der Waals surface area contributed by atoms with Crippen molar-refractivity contribution in [2.75, 3.05) is 0 Å². The molecule has 0 heterocycles. The van der Waals surface area contributed by atoms with Gasteiger partial charge in [-0.3, -0.25) is 0 Å². The summed E-state index contributed by atoms with van der Waals surface area (Å²) in [6.45, 7) is 0. The van der Waals surface area contributed by atoms with Gasteiger partial charge in [-0.25, -0.2) is 4.39 Å². The van der Waals surface area contributed by atoms with Crippen LogP contribution in [0.3, 0.4) is 0 Å². The van der Waals surface area contributed by atoms with Gasteiger partial charge in [0.05, 0.1) is 0 Å². The number of hydrogen-bond donors (Lipinski definition) is 3. The van der Waals surface area contributed by atoms with Crippen LogP contribution in [-0.4, -0.2) is 15.8 Å². The Labute approximate surface area is 91.5 Å². The minimum Gasteiger partial charge on any atom is -0.505 e. The van der Waals surface area contributed by atoms with Crippen molar-refractivity contribution in [3.8, 4) is 11.5 Å². The smallest absolute Gasteiger partial charge is 0.209 e. The summed E-state index contributed by atoms with van der Waals surface area (Å²) in [6.07, 6.45) is 2.67. The Morgan fingerprint density at radius 1 is 1.25 bits per heavy atom. The zero-order chi connectivity index (χ0) is 11.9. The van der Waals surface area contributed by atoms with Crippen LogP contribution in [0.4, 0.5) is 8.78 Å². The van der Waals surface area contributed by atoms with E-state index in [1.807, 2.05) is 0 Å². The molecule has 0 aliphatic heterocycles. The minimum absolute atomic E-state index is 0.143. The van der Waals surface area contributed by atoms with Crippen molar-refractivity contribution < 1.29 is 19.0 Å². The van der Waals surface area contributed by atoms with E-state index in [0.29, 0.717) is 12.8 Å². The predicted molar refractivity (Wildman–Crippen MR) is 54.2 cm³/mol. The molecule has 4 N–H and O–H groups in total. The van der Waals surface area contributed by atoms with E-state index in [-0.39, 0.29) is 11.1 Å². The maximum absolute atomic E-state index is 13.1. The van der Waals surface area contributed by atoms with Crippen LogP contribution in [0, 0.1) is 11.6 Å². The zero-order valence-corrected chi connectivity index (χ0v) is 8.63. The summed E-state index contributed by atoms with van der Waals surface area (Å²) in [5, 5.41) is 18.3. The summed E-state index contributed by atoms with van der Waals surface area (Å²) in [7, 11) is 0. The van der Waals surface area contributed by atoms with Crippen molar-refractivity contribution >= 4 is 0 Å². The summed E-state index contributed by atoms with van der Waals surface area (Å²) >= 11 is 0. The fourth-order valence-corrected chi connectivity index (χ4v) is 1.63.